The molecule has 5 nitrogen and oxygen atoms in total. The summed E-state index contributed by atoms with van der Waals surface area (Å²) in [6, 6.07) is 51.0. The Balaban J connectivity index is 0. The fourth-order valence-corrected chi connectivity index (χ4v) is 8.33. The minimum Gasteiger partial charge on any atom is -0.677 e. The molecule has 2 aliphatic carbocycles. The average molecular weight is 1140 g/mol. The molecule has 0 amide bonds. The molecule has 2 unspecified atom stereocenters. The number of fused-ring (bicyclic) bond motifs is 9. The van der Waals surface area contributed by atoms with E-state index in [1.165, 1.54) is 33.4 Å². The number of nitrogens with one attached hydrogen (secondary N) is 2. The van der Waals surface area contributed by atoms with Crippen LogP contribution < -0.4 is 0 Å². The second kappa shape index (κ2) is 38.1. The van der Waals surface area contributed by atoms with E-state index in [2.05, 4.69) is 136 Å². The van der Waals surface area contributed by atoms with Crippen molar-refractivity contribution >= 4 is 21.8 Å². The van der Waals surface area contributed by atoms with Gasteiger partial charge in [-0.25, -0.2) is 9.97 Å². The summed E-state index contributed by atoms with van der Waals surface area (Å²) in [6.45, 7) is 36.6. The van der Waals surface area contributed by atoms with E-state index in [1.54, 1.807) is 12.4 Å². The van der Waals surface area contributed by atoms with Crippen LogP contribution in [0.25, 0.3) is 61.5 Å². The minimum absolute atomic E-state index is 0. The number of rotatable bonds is 7. The van der Waals surface area contributed by atoms with Crippen molar-refractivity contribution in [3.63, 3.8) is 0 Å². The summed E-state index contributed by atoms with van der Waals surface area (Å²) < 4.78 is 2.08. The molecule has 10 rings (SSSR count). The topological polar surface area (TPSA) is 78.3 Å². The van der Waals surface area contributed by atoms with E-state index in [0.717, 1.165) is 55.2 Å². The maximum absolute atomic E-state index is 8.30. The molecule has 7 heteroatoms. The van der Waals surface area contributed by atoms with Gasteiger partial charge in [0.25, 0.3) is 0 Å². The van der Waals surface area contributed by atoms with Gasteiger partial charge in [-0.05, 0) is 41.9 Å². The fraction of sp³-hybridized carbons (Fsp3) is 0.375. The van der Waals surface area contributed by atoms with Gasteiger partial charge in [0.15, 0.2) is 0 Å². The Labute approximate surface area is 460 Å². The van der Waals surface area contributed by atoms with Crippen LogP contribution in [0.3, 0.4) is 0 Å². The molecule has 2 atom stereocenters. The summed E-state index contributed by atoms with van der Waals surface area (Å²) in [4.78, 5) is 9.33. The van der Waals surface area contributed by atoms with Crippen molar-refractivity contribution in [1.82, 2.24) is 14.5 Å². The Bertz CT molecular complexity index is 2490. The molecule has 8 aromatic rings. The van der Waals surface area contributed by atoms with Gasteiger partial charge in [-0.3, -0.25) is 0 Å². The van der Waals surface area contributed by atoms with Gasteiger partial charge in [0, 0.05) is 53.2 Å². The molecule has 0 saturated heterocycles. The molecule has 0 bridgehead atoms. The Hall–Kier alpha value is -4.56. The van der Waals surface area contributed by atoms with Crippen LogP contribution in [0.4, 0.5) is 0 Å². The van der Waals surface area contributed by atoms with Gasteiger partial charge >= 0.3 is 0 Å². The first kappa shape index (κ1) is 68.5. The van der Waals surface area contributed by atoms with Crippen LogP contribution in [0.5, 0.6) is 0 Å². The maximum atomic E-state index is 8.30. The van der Waals surface area contributed by atoms with E-state index < -0.39 is 0 Å². The number of benzene rings is 6. The van der Waals surface area contributed by atoms with Gasteiger partial charge < -0.3 is 16.0 Å². The molecule has 2 heterocycles. The monoisotopic (exact) mass is 1140 g/mol. The van der Waals surface area contributed by atoms with Crippen LogP contribution in [0.1, 0.15) is 181 Å². The van der Waals surface area contributed by atoms with Crippen LogP contribution in [-0.2, 0) is 53.7 Å². The molecule has 0 saturated carbocycles. The van der Waals surface area contributed by atoms with E-state index in [-0.39, 0.29) is 52.7 Å². The van der Waals surface area contributed by atoms with Crippen molar-refractivity contribution < 1.29 is 40.8 Å². The van der Waals surface area contributed by atoms with Crippen LogP contribution >= 0.6 is 0 Å². The quantitative estimate of drug-likeness (QED) is 0.118. The molecule has 2 aliphatic rings. The zero-order chi connectivity index (χ0) is 52.1. The molecule has 0 spiro atoms. The van der Waals surface area contributed by atoms with Gasteiger partial charge in [-0.1, -0.05) is 195 Å². The van der Waals surface area contributed by atoms with Crippen molar-refractivity contribution in [3.05, 3.63) is 196 Å². The maximum Gasteiger partial charge on any atom is 0.230 e. The Morgan fingerprint density at radius 1 is 0.394 bits per heavy atom. The van der Waals surface area contributed by atoms with Crippen molar-refractivity contribution in [2.75, 3.05) is 13.1 Å². The standard InChI is InChI=1S/C46H31N5.9C2H6.2Pd/c47-26-42-34-8-3-1-6-32(34)36-14-10-28(22-40(36)42)20-30-12-16-38-39-17-13-31(25-45(39)51(44(38)24-30)46-49-18-5-19-50-46)21-29-11-15-37-33-7-2-4-9-35(33)43(27-48)41(37)23-29;9*1-2;;/h1-19,42-43,47-48H,20-21,26-27H2;9*1-2H3;;/q-6;;;;;;;;;;;. The smallest absolute Gasteiger partial charge is 0.230 e. The molecule has 0 fully saturated rings. The molecular weight excluding hydrogens is 1050 g/mol. The van der Waals surface area contributed by atoms with Gasteiger partial charge in [-0.2, -0.15) is 106 Å². The van der Waals surface area contributed by atoms with Crippen molar-refractivity contribution in [3.8, 4) is 28.2 Å². The normalized spacial score (nSPS) is 11.9. The third kappa shape index (κ3) is 15.7. The fourth-order valence-electron chi connectivity index (χ4n) is 8.33. The number of aromatic nitrogens is 3. The van der Waals surface area contributed by atoms with Gasteiger partial charge in [0.2, 0.25) is 5.95 Å². The average Bonchev–Trinajstić information content (AvgIpc) is 4.07. The SMILES string of the molecule is CC.CC.CC.CC.CC.CC.CC.CC.CC.[NH-]CC1c2[c-]c(Cc3[c-]c4c(cc3)c3ccc(Cc5[c-]c6c(cc5)-c5ccccc5C6C[NH-])[c-]c3n4-c3ncccn3)ccc2-c2ccccc21.[Pd].[Pd]. The summed E-state index contributed by atoms with van der Waals surface area (Å²) >= 11 is 0. The van der Waals surface area contributed by atoms with Gasteiger partial charge in [0.1, 0.15) is 0 Å². The Morgan fingerprint density at radius 3 is 1.07 bits per heavy atom. The van der Waals surface area contributed by atoms with Gasteiger partial charge in [0.05, 0.1) is 0 Å². The van der Waals surface area contributed by atoms with Crippen LogP contribution in [0, 0.1) is 24.3 Å². The first-order chi connectivity index (χ1) is 34.2. The second-order valence-electron chi connectivity index (χ2n) is 13.5. The first-order valence-corrected chi connectivity index (χ1v) is 26.4. The number of hydrogen-bond acceptors (Lipinski definition) is 2. The first-order valence-electron chi connectivity index (χ1n) is 26.4. The Morgan fingerprint density at radius 2 is 0.718 bits per heavy atom. The zero-order valence-electron chi connectivity index (χ0n) is 46.4. The summed E-state index contributed by atoms with van der Waals surface area (Å²) in [5, 5.41) is 2.15. The van der Waals surface area contributed by atoms with E-state index in [4.69, 9.17) is 11.5 Å². The minimum atomic E-state index is 0. The third-order valence-electron chi connectivity index (χ3n) is 10.7. The summed E-state index contributed by atoms with van der Waals surface area (Å²) in [5.74, 6) is 0.685. The number of nitrogens with zero attached hydrogens (tertiary/aromatic N) is 3. The van der Waals surface area contributed by atoms with E-state index >= 15 is 0 Å². The third-order valence-corrected chi connectivity index (χ3v) is 10.7. The molecule has 2 N–H and O–H groups in total. The summed E-state index contributed by atoms with van der Waals surface area (Å²) in [5.41, 5.74) is 32.2. The molecule has 392 valence electrons. The predicted octanol–water partition coefficient (Wildman–Crippen LogP) is 19.5. The molecule has 0 aliphatic heterocycles. The molecule has 6 aromatic carbocycles. The molecular formula is C64H85N5Pd2-6. The predicted molar refractivity (Wildman–Crippen MR) is 305 cm³/mol. The van der Waals surface area contributed by atoms with Crippen LogP contribution in [0.2, 0.25) is 0 Å². The van der Waals surface area contributed by atoms with Crippen LogP contribution in [-0.4, -0.2) is 27.6 Å². The van der Waals surface area contributed by atoms with E-state index in [1.807, 2.05) is 131 Å². The molecule has 2 aromatic heterocycles. The summed E-state index contributed by atoms with van der Waals surface area (Å²) in [6.07, 6.45) is 4.89. The molecule has 71 heavy (non-hydrogen) atoms. The number of hydrogen-bond donors (Lipinski definition) is 0. The van der Waals surface area contributed by atoms with Crippen molar-refractivity contribution in [1.29, 1.82) is 0 Å². The Kier molecular flexibility index (Phi) is 36.8. The van der Waals surface area contributed by atoms with Crippen LogP contribution in [0.15, 0.2) is 116 Å². The van der Waals surface area contributed by atoms with E-state index in [9.17, 15) is 0 Å². The largest absolute Gasteiger partial charge is 0.677 e. The van der Waals surface area contributed by atoms with Gasteiger partial charge in [-0.15, -0.1) is 35.3 Å². The van der Waals surface area contributed by atoms with Crippen molar-refractivity contribution in [2.45, 2.75) is 149 Å². The van der Waals surface area contributed by atoms with E-state index in [0.29, 0.717) is 31.9 Å². The second-order valence-corrected chi connectivity index (χ2v) is 13.5. The molecule has 0 radical (unpaired) electrons. The zero-order valence-corrected chi connectivity index (χ0v) is 49.5. The van der Waals surface area contributed by atoms with Crippen molar-refractivity contribution in [2.24, 2.45) is 0 Å². The summed E-state index contributed by atoms with van der Waals surface area (Å²) in [7, 11) is 0.